The van der Waals surface area contributed by atoms with Gasteiger partial charge in [-0.15, -0.1) is 0 Å². The van der Waals surface area contributed by atoms with Gasteiger partial charge in [-0.05, 0) is 31.6 Å². The number of aliphatic hydroxyl groups excluding tert-OH is 1. The fourth-order valence-electron chi connectivity index (χ4n) is 1.76. The molecule has 0 amide bonds. The molecule has 3 atom stereocenters. The number of alkyl halides is 1. The van der Waals surface area contributed by atoms with Gasteiger partial charge in [0.2, 0.25) is 0 Å². The molecule has 0 aromatic rings. The zero-order valence-corrected chi connectivity index (χ0v) is 7.50. The summed E-state index contributed by atoms with van der Waals surface area (Å²) in [5.74, 6) is 0.459. The minimum absolute atomic E-state index is 0.167. The van der Waals surface area contributed by atoms with Gasteiger partial charge in [0.25, 0.3) is 0 Å². The Kier molecular flexibility index (Phi) is 3.95. The van der Waals surface area contributed by atoms with Crippen molar-refractivity contribution in [1.29, 1.82) is 0 Å². The van der Waals surface area contributed by atoms with Crippen LogP contribution in [0, 0.1) is 11.8 Å². The number of aliphatic hydroxyl groups is 1. The van der Waals surface area contributed by atoms with E-state index in [-0.39, 0.29) is 18.4 Å². The molecule has 3 unspecified atom stereocenters. The smallest absolute Gasteiger partial charge is 0.0977 e. The third kappa shape index (κ3) is 2.72. The summed E-state index contributed by atoms with van der Waals surface area (Å²) in [7, 11) is 0. The van der Waals surface area contributed by atoms with Crippen LogP contribution in [0.15, 0.2) is 0 Å². The summed E-state index contributed by atoms with van der Waals surface area (Å²) in [6, 6.07) is 0. The number of hydrogen-bond acceptors (Lipinski definition) is 2. The van der Waals surface area contributed by atoms with Gasteiger partial charge in [-0.25, -0.2) is 4.39 Å². The van der Waals surface area contributed by atoms with E-state index < -0.39 is 6.17 Å². The summed E-state index contributed by atoms with van der Waals surface area (Å²) in [5, 5.41) is 9.00. The lowest BCUT2D eigenvalue weighted by Crippen LogP contribution is -2.31. The normalized spacial score (nSPS) is 33.2. The molecule has 0 aromatic heterocycles. The molecule has 72 valence electrons. The van der Waals surface area contributed by atoms with Crippen LogP contribution in [-0.4, -0.2) is 31.1 Å². The first-order valence-corrected chi connectivity index (χ1v) is 4.56. The van der Waals surface area contributed by atoms with E-state index in [9.17, 15) is 4.39 Å². The van der Waals surface area contributed by atoms with E-state index in [1.165, 1.54) is 0 Å². The Hall–Kier alpha value is -0.150. The monoisotopic (exact) mass is 176 g/mol. The lowest BCUT2D eigenvalue weighted by Gasteiger charge is -2.30. The van der Waals surface area contributed by atoms with E-state index in [0.29, 0.717) is 19.6 Å². The average molecular weight is 176 g/mol. The molecule has 1 heterocycles. The van der Waals surface area contributed by atoms with E-state index >= 15 is 0 Å². The molecule has 2 nitrogen and oxygen atoms in total. The predicted octanol–water partition coefficient (Wildman–Crippen LogP) is 1.38. The maximum Gasteiger partial charge on any atom is 0.0977 e. The molecule has 1 N–H and O–H groups in total. The van der Waals surface area contributed by atoms with Crippen LogP contribution in [0.4, 0.5) is 4.39 Å². The van der Waals surface area contributed by atoms with Crippen LogP contribution in [0.5, 0.6) is 0 Å². The molecule has 0 aromatic carbocycles. The largest absolute Gasteiger partial charge is 0.396 e. The van der Waals surface area contributed by atoms with Gasteiger partial charge in [0.05, 0.1) is 6.17 Å². The van der Waals surface area contributed by atoms with Crippen molar-refractivity contribution in [1.82, 2.24) is 0 Å². The number of rotatable bonds is 3. The van der Waals surface area contributed by atoms with Crippen LogP contribution in [0.25, 0.3) is 0 Å². The van der Waals surface area contributed by atoms with Gasteiger partial charge in [-0.3, -0.25) is 0 Å². The second kappa shape index (κ2) is 4.77. The summed E-state index contributed by atoms with van der Waals surface area (Å²) in [5.41, 5.74) is 0. The van der Waals surface area contributed by atoms with Crippen molar-refractivity contribution < 1.29 is 14.2 Å². The molecule has 1 saturated heterocycles. The third-order valence-corrected chi connectivity index (χ3v) is 2.49. The van der Waals surface area contributed by atoms with Gasteiger partial charge in [-0.1, -0.05) is 0 Å². The van der Waals surface area contributed by atoms with E-state index in [4.69, 9.17) is 9.84 Å². The van der Waals surface area contributed by atoms with Crippen LogP contribution in [-0.2, 0) is 4.74 Å². The Balaban J connectivity index is 2.36. The molecular formula is C9H17FO2. The molecule has 0 radical (unpaired) electrons. The Morgan fingerprint density at radius 2 is 2.33 bits per heavy atom. The molecular weight excluding hydrogens is 159 g/mol. The van der Waals surface area contributed by atoms with Crippen molar-refractivity contribution in [3.05, 3.63) is 0 Å². The Labute approximate surface area is 72.7 Å². The van der Waals surface area contributed by atoms with Gasteiger partial charge >= 0.3 is 0 Å². The summed E-state index contributed by atoms with van der Waals surface area (Å²) in [6.07, 6.45) is 0.602. The second-order valence-electron chi connectivity index (χ2n) is 3.58. The molecule has 0 spiro atoms. The van der Waals surface area contributed by atoms with E-state index in [2.05, 4.69) is 0 Å². The maximum absolute atomic E-state index is 12.7. The summed E-state index contributed by atoms with van der Waals surface area (Å²) >= 11 is 0. The molecule has 1 fully saturated rings. The average Bonchev–Trinajstić information content (AvgIpc) is 2.04. The van der Waals surface area contributed by atoms with Gasteiger partial charge in [0, 0.05) is 19.8 Å². The van der Waals surface area contributed by atoms with Crippen molar-refractivity contribution in [3.63, 3.8) is 0 Å². The zero-order valence-electron chi connectivity index (χ0n) is 7.50. The molecule has 0 aliphatic carbocycles. The number of hydrogen-bond donors (Lipinski definition) is 1. The van der Waals surface area contributed by atoms with Crippen molar-refractivity contribution in [2.75, 3.05) is 19.8 Å². The van der Waals surface area contributed by atoms with Crippen LogP contribution >= 0.6 is 0 Å². The Morgan fingerprint density at radius 3 is 2.92 bits per heavy atom. The zero-order chi connectivity index (χ0) is 8.97. The van der Waals surface area contributed by atoms with E-state index in [1.54, 1.807) is 6.92 Å². The lowest BCUT2D eigenvalue weighted by molar-refractivity contribution is -0.0135. The second-order valence-corrected chi connectivity index (χ2v) is 3.58. The van der Waals surface area contributed by atoms with Crippen molar-refractivity contribution in [2.24, 2.45) is 11.8 Å². The summed E-state index contributed by atoms with van der Waals surface area (Å²) < 4.78 is 17.9. The molecule has 12 heavy (non-hydrogen) atoms. The topological polar surface area (TPSA) is 29.5 Å². The SMILES string of the molecule is CC(F)CC1COCCC1CO. The third-order valence-electron chi connectivity index (χ3n) is 2.49. The maximum atomic E-state index is 12.7. The highest BCUT2D eigenvalue weighted by Gasteiger charge is 2.26. The lowest BCUT2D eigenvalue weighted by atomic mass is 9.85. The minimum atomic E-state index is -0.786. The van der Waals surface area contributed by atoms with Gasteiger partial charge in [0.15, 0.2) is 0 Å². The standard InChI is InChI=1S/C9H17FO2/c1-7(10)4-9-6-12-3-2-8(9)5-11/h7-9,11H,2-6H2,1H3. The molecule has 0 saturated carbocycles. The van der Waals surface area contributed by atoms with Crippen molar-refractivity contribution >= 4 is 0 Å². The van der Waals surface area contributed by atoms with Crippen LogP contribution in [0.3, 0.4) is 0 Å². The fraction of sp³-hybridized carbons (Fsp3) is 1.00. The predicted molar refractivity (Wildman–Crippen MR) is 44.7 cm³/mol. The minimum Gasteiger partial charge on any atom is -0.396 e. The van der Waals surface area contributed by atoms with Crippen LogP contribution in [0.1, 0.15) is 19.8 Å². The summed E-state index contributed by atoms with van der Waals surface area (Å²) in [4.78, 5) is 0. The summed E-state index contributed by atoms with van der Waals surface area (Å²) in [6.45, 7) is 3.05. The molecule has 1 aliphatic heterocycles. The molecule has 3 heteroatoms. The van der Waals surface area contributed by atoms with Crippen LogP contribution < -0.4 is 0 Å². The van der Waals surface area contributed by atoms with Crippen LogP contribution in [0.2, 0.25) is 0 Å². The molecule has 1 aliphatic rings. The highest BCUT2D eigenvalue weighted by atomic mass is 19.1. The fourth-order valence-corrected chi connectivity index (χ4v) is 1.76. The van der Waals surface area contributed by atoms with Crippen molar-refractivity contribution in [3.8, 4) is 0 Å². The Bertz CT molecular complexity index is 128. The van der Waals surface area contributed by atoms with E-state index in [1.807, 2.05) is 0 Å². The first-order valence-electron chi connectivity index (χ1n) is 4.56. The first kappa shape index (κ1) is 9.93. The van der Waals surface area contributed by atoms with Gasteiger partial charge in [-0.2, -0.15) is 0 Å². The quantitative estimate of drug-likeness (QED) is 0.704. The van der Waals surface area contributed by atoms with Gasteiger partial charge < -0.3 is 9.84 Å². The Morgan fingerprint density at radius 1 is 1.58 bits per heavy atom. The highest BCUT2D eigenvalue weighted by Crippen LogP contribution is 2.26. The number of halogens is 1. The molecule has 0 bridgehead atoms. The number of ether oxygens (including phenoxy) is 1. The van der Waals surface area contributed by atoms with Crippen molar-refractivity contribution in [2.45, 2.75) is 25.9 Å². The first-order chi connectivity index (χ1) is 5.74. The van der Waals surface area contributed by atoms with Gasteiger partial charge in [0.1, 0.15) is 0 Å². The van der Waals surface area contributed by atoms with E-state index in [0.717, 1.165) is 6.42 Å². The molecule has 1 rings (SSSR count). The highest BCUT2D eigenvalue weighted by molar-refractivity contribution is 4.74.